The van der Waals surface area contributed by atoms with E-state index in [1.165, 1.54) is 11.0 Å². The van der Waals surface area contributed by atoms with Crippen molar-refractivity contribution in [2.45, 2.75) is 31.7 Å². The van der Waals surface area contributed by atoms with Crippen molar-refractivity contribution in [2.75, 3.05) is 7.11 Å². The van der Waals surface area contributed by atoms with Gasteiger partial charge in [-0.15, -0.1) is 0 Å². The summed E-state index contributed by atoms with van der Waals surface area (Å²) in [5, 5.41) is 3.95. The molecule has 2 heterocycles. The molecule has 0 amide bonds. The van der Waals surface area contributed by atoms with Crippen LogP contribution in [0.25, 0.3) is 11.5 Å². The van der Waals surface area contributed by atoms with E-state index in [0.29, 0.717) is 23.4 Å². The molecule has 1 fully saturated rings. The lowest BCUT2D eigenvalue weighted by atomic mass is 9.83. The molecule has 7 heteroatoms. The van der Waals surface area contributed by atoms with E-state index in [2.05, 4.69) is 15.1 Å². The minimum Gasteiger partial charge on any atom is -0.497 e. The first kappa shape index (κ1) is 15.6. The van der Waals surface area contributed by atoms with E-state index in [4.69, 9.17) is 9.26 Å². The molecular formula is C18H18N4O3. The highest BCUT2D eigenvalue weighted by Crippen LogP contribution is 2.34. The monoisotopic (exact) mass is 338 g/mol. The number of aromatic nitrogens is 4. The Morgan fingerprint density at radius 2 is 2.20 bits per heavy atom. The Balaban J connectivity index is 1.53. The number of ether oxygens (including phenoxy) is 1. The molecule has 4 rings (SSSR count). The van der Waals surface area contributed by atoms with Crippen molar-refractivity contribution in [1.82, 2.24) is 19.7 Å². The van der Waals surface area contributed by atoms with Crippen LogP contribution in [0.4, 0.5) is 0 Å². The Kier molecular flexibility index (Phi) is 4.05. The number of hydrogen-bond donors (Lipinski definition) is 0. The molecule has 25 heavy (non-hydrogen) atoms. The van der Waals surface area contributed by atoms with Crippen molar-refractivity contribution in [1.29, 1.82) is 0 Å². The number of hydrogen-bond acceptors (Lipinski definition) is 6. The Labute approximate surface area is 144 Å². The van der Waals surface area contributed by atoms with E-state index >= 15 is 0 Å². The summed E-state index contributed by atoms with van der Waals surface area (Å²) in [7, 11) is 1.60. The molecule has 0 unspecified atom stereocenters. The summed E-state index contributed by atoms with van der Waals surface area (Å²) in [6, 6.07) is 8.99. The third-order valence-corrected chi connectivity index (χ3v) is 4.52. The van der Waals surface area contributed by atoms with Crippen molar-refractivity contribution in [2.24, 2.45) is 0 Å². The van der Waals surface area contributed by atoms with Crippen molar-refractivity contribution in [3.05, 3.63) is 58.5 Å². The van der Waals surface area contributed by atoms with Gasteiger partial charge in [0.2, 0.25) is 0 Å². The maximum Gasteiger partial charge on any atom is 0.258 e. The molecule has 0 spiro atoms. The summed E-state index contributed by atoms with van der Waals surface area (Å²) < 4.78 is 12.0. The van der Waals surface area contributed by atoms with Crippen molar-refractivity contribution >= 4 is 0 Å². The van der Waals surface area contributed by atoms with Crippen LogP contribution >= 0.6 is 0 Å². The van der Waals surface area contributed by atoms with E-state index in [0.717, 1.165) is 24.1 Å². The van der Waals surface area contributed by atoms with Crippen LogP contribution in [0.3, 0.4) is 0 Å². The molecule has 0 saturated heterocycles. The second-order valence-electron chi connectivity index (χ2n) is 6.16. The van der Waals surface area contributed by atoms with Crippen LogP contribution < -0.4 is 10.3 Å². The summed E-state index contributed by atoms with van der Waals surface area (Å²) in [4.78, 5) is 21.0. The molecule has 0 aliphatic heterocycles. The van der Waals surface area contributed by atoms with Crippen molar-refractivity contribution in [3.8, 4) is 17.2 Å². The zero-order valence-electron chi connectivity index (χ0n) is 13.9. The number of benzene rings is 1. The molecule has 0 atom stereocenters. The molecule has 3 aromatic rings. The summed E-state index contributed by atoms with van der Waals surface area (Å²) in [6.07, 6.45) is 5.01. The predicted octanol–water partition coefficient (Wildman–Crippen LogP) is 2.62. The van der Waals surface area contributed by atoms with Gasteiger partial charge in [-0.25, -0.2) is 4.98 Å². The molecule has 0 N–H and O–H groups in total. The Bertz CT molecular complexity index is 943. The van der Waals surface area contributed by atoms with Crippen LogP contribution in [-0.2, 0) is 6.54 Å². The molecule has 0 radical (unpaired) electrons. The lowest BCUT2D eigenvalue weighted by Gasteiger charge is -2.24. The van der Waals surface area contributed by atoms with Gasteiger partial charge in [-0.1, -0.05) is 17.6 Å². The number of methoxy groups -OCH3 is 1. The van der Waals surface area contributed by atoms with Crippen LogP contribution in [0.2, 0.25) is 0 Å². The molecule has 128 valence electrons. The summed E-state index contributed by atoms with van der Waals surface area (Å²) in [5.74, 6) is 1.97. The highest BCUT2D eigenvalue weighted by atomic mass is 16.5. The van der Waals surface area contributed by atoms with Gasteiger partial charge in [0.05, 0.1) is 25.7 Å². The number of rotatable bonds is 5. The highest BCUT2D eigenvalue weighted by molar-refractivity contribution is 5.55. The quantitative estimate of drug-likeness (QED) is 0.711. The fraction of sp³-hybridized carbons (Fsp3) is 0.333. The summed E-state index contributed by atoms with van der Waals surface area (Å²) >= 11 is 0. The van der Waals surface area contributed by atoms with Crippen LogP contribution in [0.15, 0.2) is 46.0 Å². The molecule has 1 aliphatic rings. The molecule has 7 nitrogen and oxygen atoms in total. The second-order valence-corrected chi connectivity index (χ2v) is 6.16. The highest BCUT2D eigenvalue weighted by Gasteiger charge is 2.21. The first-order valence-electron chi connectivity index (χ1n) is 8.26. The summed E-state index contributed by atoms with van der Waals surface area (Å²) in [5.41, 5.74) is 1.56. The fourth-order valence-corrected chi connectivity index (χ4v) is 2.83. The zero-order valence-corrected chi connectivity index (χ0v) is 13.9. The average Bonchev–Trinajstić information content (AvgIpc) is 3.04. The van der Waals surface area contributed by atoms with E-state index in [1.54, 1.807) is 19.5 Å². The standard InChI is InChI=1S/C18H18N4O3/c1-24-14-7-3-6-13(8-14)18-20-16(21-25-18)10-22-11-19-15(9-17(22)23)12-4-2-5-12/h3,6-9,11-12H,2,4-5,10H2,1H3. The van der Waals surface area contributed by atoms with Crippen molar-refractivity contribution in [3.63, 3.8) is 0 Å². The van der Waals surface area contributed by atoms with Gasteiger partial charge in [0, 0.05) is 17.5 Å². The van der Waals surface area contributed by atoms with Gasteiger partial charge in [0.25, 0.3) is 11.4 Å². The smallest absolute Gasteiger partial charge is 0.258 e. The SMILES string of the molecule is COc1cccc(-c2nc(Cn3cnc(C4CCC4)cc3=O)no2)c1. The zero-order chi connectivity index (χ0) is 17.2. The average molecular weight is 338 g/mol. The lowest BCUT2D eigenvalue weighted by Crippen LogP contribution is -2.23. The van der Waals surface area contributed by atoms with Gasteiger partial charge in [0.15, 0.2) is 5.82 Å². The normalized spacial score (nSPS) is 14.3. The predicted molar refractivity (Wildman–Crippen MR) is 90.5 cm³/mol. The Morgan fingerprint density at radius 3 is 2.92 bits per heavy atom. The molecule has 2 aromatic heterocycles. The van der Waals surface area contributed by atoms with Gasteiger partial charge in [-0.05, 0) is 31.0 Å². The first-order valence-corrected chi connectivity index (χ1v) is 8.26. The Hall–Kier alpha value is -2.96. The lowest BCUT2D eigenvalue weighted by molar-refractivity contribution is 0.407. The first-order chi connectivity index (χ1) is 12.2. The largest absolute Gasteiger partial charge is 0.497 e. The molecular weight excluding hydrogens is 320 g/mol. The van der Waals surface area contributed by atoms with Gasteiger partial charge < -0.3 is 9.26 Å². The van der Waals surface area contributed by atoms with E-state index < -0.39 is 0 Å². The van der Waals surface area contributed by atoms with E-state index in [9.17, 15) is 4.79 Å². The molecule has 1 aliphatic carbocycles. The third kappa shape index (κ3) is 3.17. The minimum atomic E-state index is -0.0929. The fourth-order valence-electron chi connectivity index (χ4n) is 2.83. The molecule has 0 bridgehead atoms. The van der Waals surface area contributed by atoms with E-state index in [1.807, 2.05) is 24.3 Å². The van der Waals surface area contributed by atoms with Gasteiger partial charge in [-0.2, -0.15) is 4.98 Å². The van der Waals surface area contributed by atoms with Crippen LogP contribution in [-0.4, -0.2) is 26.8 Å². The summed E-state index contributed by atoms with van der Waals surface area (Å²) in [6.45, 7) is 0.226. The van der Waals surface area contributed by atoms with Crippen LogP contribution in [0, 0.1) is 0 Å². The topological polar surface area (TPSA) is 83.0 Å². The third-order valence-electron chi connectivity index (χ3n) is 4.52. The number of nitrogens with zero attached hydrogens (tertiary/aromatic N) is 4. The molecule has 1 aromatic carbocycles. The Morgan fingerprint density at radius 1 is 1.32 bits per heavy atom. The van der Waals surface area contributed by atoms with E-state index in [-0.39, 0.29) is 12.1 Å². The maximum absolute atomic E-state index is 12.3. The van der Waals surface area contributed by atoms with Gasteiger partial charge in [0.1, 0.15) is 5.75 Å². The van der Waals surface area contributed by atoms with Gasteiger partial charge >= 0.3 is 0 Å². The minimum absolute atomic E-state index is 0.0929. The second kappa shape index (κ2) is 6.51. The van der Waals surface area contributed by atoms with Crippen LogP contribution in [0.1, 0.15) is 36.7 Å². The van der Waals surface area contributed by atoms with Crippen LogP contribution in [0.5, 0.6) is 5.75 Å². The maximum atomic E-state index is 12.3. The van der Waals surface area contributed by atoms with Gasteiger partial charge in [-0.3, -0.25) is 9.36 Å². The molecule has 1 saturated carbocycles. The van der Waals surface area contributed by atoms with Crippen molar-refractivity contribution < 1.29 is 9.26 Å².